The Bertz CT molecular complexity index is 440. The van der Waals surface area contributed by atoms with Crippen molar-refractivity contribution in [3.05, 3.63) is 46.8 Å². The highest BCUT2D eigenvalue weighted by Gasteiger charge is 2.04. The normalized spacial score (nSPS) is 10.5. The second-order valence-electron chi connectivity index (χ2n) is 2.83. The zero-order chi connectivity index (χ0) is 11.4. The van der Waals surface area contributed by atoms with Gasteiger partial charge in [0.25, 0.3) is 0 Å². The van der Waals surface area contributed by atoms with E-state index in [4.69, 9.17) is 28.2 Å². The Morgan fingerprint density at radius 1 is 1.33 bits per heavy atom. The lowest BCUT2D eigenvalue weighted by Gasteiger charge is -2.01. The Kier molecular flexibility index (Phi) is 3.57. The van der Waals surface area contributed by atoms with E-state index in [-0.39, 0.29) is 16.6 Å². The van der Waals surface area contributed by atoms with Crippen LogP contribution in [0.5, 0.6) is 0 Å². The van der Waals surface area contributed by atoms with Crippen LogP contribution < -0.4 is 5.73 Å². The first-order valence-corrected chi connectivity index (χ1v) is 4.44. The molecule has 0 unspecified atom stereocenters. The number of allylic oxidation sites excluding steroid dienone is 1. The summed E-state index contributed by atoms with van der Waals surface area (Å²) in [7, 11) is 0. The van der Waals surface area contributed by atoms with Crippen LogP contribution in [0.3, 0.4) is 0 Å². The minimum atomic E-state index is -0.452. The second-order valence-corrected chi connectivity index (χ2v) is 3.23. The number of nitrogens with two attached hydrogens (primary N) is 1. The Labute approximate surface area is 91.4 Å². The Hall–Kier alpha value is -1.68. The molecule has 78 valence electrons. The molecular weight excluding hydrogens is 217 g/mol. The molecule has 0 aliphatic carbocycles. The van der Waals surface area contributed by atoms with Crippen molar-refractivity contribution >= 4 is 23.1 Å². The molecule has 4 N–H and O–H groups in total. The Morgan fingerprint density at radius 3 is 2.53 bits per heavy atom. The van der Waals surface area contributed by atoms with Gasteiger partial charge in [-0.15, -0.1) is 0 Å². The molecule has 0 fully saturated rings. The quantitative estimate of drug-likeness (QED) is 0.536. The van der Waals surface area contributed by atoms with Crippen molar-refractivity contribution in [3.8, 4) is 0 Å². The van der Waals surface area contributed by atoms with E-state index in [1.54, 1.807) is 0 Å². The molecule has 0 saturated carbocycles. The highest BCUT2D eigenvalue weighted by atomic mass is 35.5. The van der Waals surface area contributed by atoms with Crippen molar-refractivity contribution in [2.45, 2.75) is 0 Å². The molecule has 0 bridgehead atoms. The standard InChI is InChI=1S/C10H9ClFN3/c11-8-5-6(12)1-2-7(8)9(13)3-4-10(14)15/h1-5,13H,(H3,14,15)/b4-3-,13-9?. The maximum atomic E-state index is 12.7. The minimum absolute atomic E-state index is 0.0789. The third-order valence-electron chi connectivity index (χ3n) is 1.65. The molecule has 0 aromatic heterocycles. The maximum Gasteiger partial charge on any atom is 0.124 e. The van der Waals surface area contributed by atoms with Crippen LogP contribution >= 0.6 is 11.6 Å². The van der Waals surface area contributed by atoms with Gasteiger partial charge < -0.3 is 11.1 Å². The van der Waals surface area contributed by atoms with E-state index >= 15 is 0 Å². The summed E-state index contributed by atoms with van der Waals surface area (Å²) in [4.78, 5) is 0. The fourth-order valence-corrected chi connectivity index (χ4v) is 1.24. The molecule has 0 aliphatic rings. The summed E-state index contributed by atoms with van der Waals surface area (Å²) in [6.07, 6.45) is 2.60. The topological polar surface area (TPSA) is 73.7 Å². The van der Waals surface area contributed by atoms with E-state index in [1.165, 1.54) is 24.3 Å². The molecule has 0 radical (unpaired) electrons. The molecule has 0 saturated heterocycles. The van der Waals surface area contributed by atoms with Crippen molar-refractivity contribution in [2.24, 2.45) is 5.73 Å². The van der Waals surface area contributed by atoms with Crippen molar-refractivity contribution in [1.82, 2.24) is 0 Å². The number of hydrogen-bond acceptors (Lipinski definition) is 2. The maximum absolute atomic E-state index is 12.7. The molecule has 0 amide bonds. The number of nitrogens with one attached hydrogen (secondary N) is 2. The van der Waals surface area contributed by atoms with Crippen LogP contribution in [0.25, 0.3) is 0 Å². The van der Waals surface area contributed by atoms with Gasteiger partial charge in [0, 0.05) is 5.56 Å². The van der Waals surface area contributed by atoms with E-state index in [0.29, 0.717) is 5.56 Å². The molecule has 1 rings (SSSR count). The van der Waals surface area contributed by atoms with Gasteiger partial charge in [-0.2, -0.15) is 0 Å². The molecule has 15 heavy (non-hydrogen) atoms. The number of halogens is 2. The van der Waals surface area contributed by atoms with Crippen LogP contribution in [0.2, 0.25) is 5.02 Å². The number of amidine groups is 1. The lowest BCUT2D eigenvalue weighted by atomic mass is 10.1. The van der Waals surface area contributed by atoms with Gasteiger partial charge in [0.15, 0.2) is 0 Å². The van der Waals surface area contributed by atoms with Crippen molar-refractivity contribution < 1.29 is 4.39 Å². The van der Waals surface area contributed by atoms with Crippen molar-refractivity contribution in [1.29, 1.82) is 10.8 Å². The SMILES string of the molecule is N=C(N)/C=C\C(=N)c1ccc(F)cc1Cl. The van der Waals surface area contributed by atoms with E-state index in [0.717, 1.165) is 6.07 Å². The largest absolute Gasteiger partial charge is 0.384 e. The molecule has 5 heteroatoms. The summed E-state index contributed by atoms with van der Waals surface area (Å²) in [5, 5.41) is 14.7. The average molecular weight is 226 g/mol. The first-order chi connectivity index (χ1) is 7.00. The molecule has 1 aromatic rings. The zero-order valence-corrected chi connectivity index (χ0v) is 8.48. The summed E-state index contributed by atoms with van der Waals surface area (Å²) in [6, 6.07) is 3.76. The fraction of sp³-hybridized carbons (Fsp3) is 0. The number of rotatable bonds is 3. The molecule has 0 atom stereocenters. The first kappa shape index (κ1) is 11.4. The Balaban J connectivity index is 2.97. The summed E-state index contributed by atoms with van der Waals surface area (Å²) >= 11 is 5.74. The number of benzene rings is 1. The van der Waals surface area contributed by atoms with Gasteiger partial charge in [-0.1, -0.05) is 11.6 Å². The van der Waals surface area contributed by atoms with Crippen LogP contribution in [0.1, 0.15) is 5.56 Å². The molecule has 3 nitrogen and oxygen atoms in total. The molecule has 0 spiro atoms. The zero-order valence-electron chi connectivity index (χ0n) is 7.72. The predicted octanol–water partition coefficient (Wildman–Crippen LogP) is 2.34. The Morgan fingerprint density at radius 2 is 2.00 bits per heavy atom. The average Bonchev–Trinajstić information content (AvgIpc) is 2.14. The van der Waals surface area contributed by atoms with Gasteiger partial charge in [0.2, 0.25) is 0 Å². The monoisotopic (exact) mass is 225 g/mol. The second kappa shape index (κ2) is 4.70. The van der Waals surface area contributed by atoms with Gasteiger partial charge in [0.05, 0.1) is 10.7 Å². The van der Waals surface area contributed by atoms with Gasteiger partial charge in [-0.3, -0.25) is 5.41 Å². The molecule has 0 aliphatic heterocycles. The predicted molar refractivity (Wildman–Crippen MR) is 59.3 cm³/mol. The highest BCUT2D eigenvalue weighted by molar-refractivity contribution is 6.34. The molecule has 1 aromatic carbocycles. The van der Waals surface area contributed by atoms with Gasteiger partial charge in [-0.05, 0) is 30.4 Å². The van der Waals surface area contributed by atoms with E-state index in [9.17, 15) is 4.39 Å². The van der Waals surface area contributed by atoms with E-state index in [2.05, 4.69) is 0 Å². The highest BCUT2D eigenvalue weighted by Crippen LogP contribution is 2.17. The van der Waals surface area contributed by atoms with Crippen LogP contribution in [0, 0.1) is 16.6 Å². The van der Waals surface area contributed by atoms with Crippen LogP contribution in [-0.2, 0) is 0 Å². The van der Waals surface area contributed by atoms with Crippen LogP contribution in [0.15, 0.2) is 30.4 Å². The summed E-state index contributed by atoms with van der Waals surface area (Å²) < 4.78 is 12.7. The van der Waals surface area contributed by atoms with Crippen LogP contribution in [-0.4, -0.2) is 11.5 Å². The fourth-order valence-electron chi connectivity index (χ4n) is 0.971. The van der Waals surface area contributed by atoms with Gasteiger partial charge >= 0.3 is 0 Å². The summed E-state index contributed by atoms with van der Waals surface area (Å²) in [6.45, 7) is 0. The van der Waals surface area contributed by atoms with E-state index in [1.807, 2.05) is 0 Å². The van der Waals surface area contributed by atoms with Crippen molar-refractivity contribution in [2.75, 3.05) is 0 Å². The lowest BCUT2D eigenvalue weighted by Crippen LogP contribution is -2.06. The summed E-state index contributed by atoms with van der Waals surface area (Å²) in [5.74, 6) is -0.606. The van der Waals surface area contributed by atoms with Gasteiger partial charge in [-0.25, -0.2) is 4.39 Å². The van der Waals surface area contributed by atoms with E-state index < -0.39 is 5.82 Å². The summed E-state index contributed by atoms with van der Waals surface area (Å²) in [5.41, 5.74) is 5.57. The minimum Gasteiger partial charge on any atom is -0.384 e. The van der Waals surface area contributed by atoms with Crippen LogP contribution in [0.4, 0.5) is 4.39 Å². The third kappa shape index (κ3) is 3.18. The molecule has 0 heterocycles. The third-order valence-corrected chi connectivity index (χ3v) is 1.96. The lowest BCUT2D eigenvalue weighted by molar-refractivity contribution is 0.628. The van der Waals surface area contributed by atoms with Gasteiger partial charge in [0.1, 0.15) is 11.7 Å². The van der Waals surface area contributed by atoms with Crippen molar-refractivity contribution in [3.63, 3.8) is 0 Å². The smallest absolute Gasteiger partial charge is 0.124 e. The molecular formula is C10H9ClFN3. The first-order valence-electron chi connectivity index (χ1n) is 4.07. The number of hydrogen-bond donors (Lipinski definition) is 3.